The van der Waals surface area contributed by atoms with Crippen molar-refractivity contribution < 1.29 is 18.3 Å². The molecule has 2 aromatic rings. The number of halogens is 2. The van der Waals surface area contributed by atoms with E-state index in [1.165, 1.54) is 6.20 Å². The average Bonchev–Trinajstić information content (AvgIpc) is 3.20. The Morgan fingerprint density at radius 1 is 1.33 bits per heavy atom. The highest BCUT2D eigenvalue weighted by molar-refractivity contribution is 5.85. The zero-order valence-corrected chi connectivity index (χ0v) is 17.6. The monoisotopic (exact) mass is 418 g/mol. The zero-order valence-electron chi connectivity index (χ0n) is 17.6. The summed E-state index contributed by atoms with van der Waals surface area (Å²) in [6.07, 6.45) is 2.38. The van der Waals surface area contributed by atoms with Crippen LogP contribution in [0.1, 0.15) is 37.7 Å². The third kappa shape index (κ3) is 5.23. The molecule has 0 N–H and O–H groups in total. The molecule has 3 rings (SSSR count). The molecule has 2 heterocycles. The Morgan fingerprint density at radius 3 is 2.73 bits per heavy atom. The number of ether oxygens (including phenoxy) is 1. The van der Waals surface area contributed by atoms with Crippen molar-refractivity contribution in [1.29, 1.82) is 0 Å². The first-order chi connectivity index (χ1) is 14.4. The number of ketones is 1. The van der Waals surface area contributed by atoms with Crippen molar-refractivity contribution in [3.63, 3.8) is 0 Å². The van der Waals surface area contributed by atoms with Crippen molar-refractivity contribution in [3.8, 4) is 5.75 Å². The maximum Gasteiger partial charge on any atom is 0.226 e. The molecule has 1 aliphatic heterocycles. The van der Waals surface area contributed by atoms with Crippen LogP contribution in [-0.4, -0.2) is 55.7 Å². The van der Waals surface area contributed by atoms with Crippen molar-refractivity contribution >= 4 is 17.5 Å². The van der Waals surface area contributed by atoms with Crippen molar-refractivity contribution in [1.82, 2.24) is 9.97 Å². The molecule has 0 bridgehead atoms. The van der Waals surface area contributed by atoms with Crippen LogP contribution in [0.15, 0.2) is 30.5 Å². The summed E-state index contributed by atoms with van der Waals surface area (Å²) in [5, 5.41) is 0. The van der Waals surface area contributed by atoms with E-state index in [9.17, 15) is 13.6 Å². The van der Waals surface area contributed by atoms with E-state index in [-0.39, 0.29) is 36.5 Å². The molecular weight excluding hydrogens is 390 g/mol. The summed E-state index contributed by atoms with van der Waals surface area (Å²) >= 11 is 0. The highest BCUT2D eigenvalue weighted by Gasteiger charge is 2.27. The second-order valence-electron chi connectivity index (χ2n) is 7.76. The molecule has 0 spiro atoms. The lowest BCUT2D eigenvalue weighted by molar-refractivity contribution is -0.120. The number of benzene rings is 1. The normalized spacial score (nSPS) is 17.1. The van der Waals surface area contributed by atoms with Gasteiger partial charge in [-0.05, 0) is 24.1 Å². The molecule has 30 heavy (non-hydrogen) atoms. The molecule has 0 aliphatic carbocycles. The molecule has 1 aliphatic rings. The minimum Gasteiger partial charge on any atom is -0.489 e. The van der Waals surface area contributed by atoms with Crippen LogP contribution in [0.25, 0.3) is 0 Å². The van der Waals surface area contributed by atoms with E-state index in [4.69, 9.17) is 4.74 Å². The predicted molar refractivity (Wildman–Crippen MR) is 113 cm³/mol. The summed E-state index contributed by atoms with van der Waals surface area (Å²) in [5.74, 6) is 0.774. The molecule has 1 aromatic carbocycles. The summed E-state index contributed by atoms with van der Waals surface area (Å²) < 4.78 is 32.6. The first kappa shape index (κ1) is 21.9. The predicted octanol–water partition coefficient (Wildman–Crippen LogP) is 3.76. The first-order valence-electron chi connectivity index (χ1n) is 10.2. The van der Waals surface area contributed by atoms with Crippen LogP contribution in [0.2, 0.25) is 0 Å². The SMILES string of the molecule is CC(C(=O)CCCF)c1ccc(O[C@@H]2CCN(c3nc(N(C)C)ncc3F)C2)cc1. The molecule has 1 aromatic heterocycles. The van der Waals surface area contributed by atoms with Crippen LogP contribution in [0.3, 0.4) is 0 Å². The van der Waals surface area contributed by atoms with Gasteiger partial charge in [-0.3, -0.25) is 9.18 Å². The van der Waals surface area contributed by atoms with Gasteiger partial charge in [0.2, 0.25) is 5.95 Å². The number of hydrogen-bond donors (Lipinski definition) is 0. The van der Waals surface area contributed by atoms with E-state index >= 15 is 0 Å². The summed E-state index contributed by atoms with van der Waals surface area (Å²) in [4.78, 5) is 24.0. The number of Topliss-reactive ketones (excluding diaryl/α,β-unsaturated/α-hetero) is 1. The van der Waals surface area contributed by atoms with Crippen LogP contribution in [0.5, 0.6) is 5.75 Å². The number of nitrogens with zero attached hydrogens (tertiary/aromatic N) is 4. The zero-order chi connectivity index (χ0) is 21.7. The smallest absolute Gasteiger partial charge is 0.226 e. The van der Waals surface area contributed by atoms with Crippen molar-refractivity contribution in [2.45, 2.75) is 38.2 Å². The van der Waals surface area contributed by atoms with Crippen molar-refractivity contribution in [2.75, 3.05) is 43.7 Å². The maximum absolute atomic E-state index is 14.2. The minimum absolute atomic E-state index is 0.0386. The number of rotatable bonds is 9. The number of carbonyl (C=O) groups is 1. The number of carbonyl (C=O) groups excluding carboxylic acids is 1. The summed E-state index contributed by atoms with van der Waals surface area (Å²) in [5.41, 5.74) is 0.888. The van der Waals surface area contributed by atoms with Gasteiger partial charge in [0.05, 0.1) is 19.4 Å². The van der Waals surface area contributed by atoms with Gasteiger partial charge in [-0.15, -0.1) is 0 Å². The minimum atomic E-state index is -0.473. The van der Waals surface area contributed by atoms with Gasteiger partial charge in [0.1, 0.15) is 17.6 Å². The number of anilines is 2. The molecule has 8 heteroatoms. The fourth-order valence-corrected chi connectivity index (χ4v) is 3.47. The van der Waals surface area contributed by atoms with Gasteiger partial charge in [0, 0.05) is 39.4 Å². The molecule has 162 valence electrons. The van der Waals surface area contributed by atoms with Gasteiger partial charge in [-0.1, -0.05) is 19.1 Å². The van der Waals surface area contributed by atoms with E-state index in [0.717, 1.165) is 12.0 Å². The van der Waals surface area contributed by atoms with Crippen molar-refractivity contribution in [2.24, 2.45) is 0 Å². The van der Waals surface area contributed by atoms with Gasteiger partial charge in [-0.25, -0.2) is 9.37 Å². The maximum atomic E-state index is 14.2. The fraction of sp³-hybridized carbons (Fsp3) is 0.500. The number of aromatic nitrogens is 2. The second-order valence-corrected chi connectivity index (χ2v) is 7.76. The third-order valence-electron chi connectivity index (χ3n) is 5.28. The fourth-order valence-electron chi connectivity index (χ4n) is 3.47. The van der Waals surface area contributed by atoms with E-state index in [2.05, 4.69) is 9.97 Å². The summed E-state index contributed by atoms with van der Waals surface area (Å²) in [6, 6.07) is 7.42. The molecule has 6 nitrogen and oxygen atoms in total. The second kappa shape index (κ2) is 9.82. The van der Waals surface area contributed by atoms with E-state index in [1.807, 2.05) is 50.2 Å². The molecule has 0 amide bonds. The lowest BCUT2D eigenvalue weighted by atomic mass is 9.94. The summed E-state index contributed by atoms with van der Waals surface area (Å²) in [6.45, 7) is 2.53. The Morgan fingerprint density at radius 2 is 2.07 bits per heavy atom. The van der Waals surface area contributed by atoms with Crippen molar-refractivity contribution in [3.05, 3.63) is 41.8 Å². The Bertz CT molecular complexity index is 861. The van der Waals surface area contributed by atoms with Crippen LogP contribution < -0.4 is 14.5 Å². The summed E-state index contributed by atoms with van der Waals surface area (Å²) in [7, 11) is 3.62. The highest BCUT2D eigenvalue weighted by Crippen LogP contribution is 2.27. The first-order valence-corrected chi connectivity index (χ1v) is 10.2. The average molecular weight is 418 g/mol. The van der Waals surface area contributed by atoms with E-state index in [0.29, 0.717) is 24.8 Å². The van der Waals surface area contributed by atoms with E-state index < -0.39 is 12.5 Å². The van der Waals surface area contributed by atoms with Gasteiger partial charge < -0.3 is 14.5 Å². The topological polar surface area (TPSA) is 58.6 Å². The Hall–Kier alpha value is -2.77. The molecule has 2 atom stereocenters. The van der Waals surface area contributed by atoms with Crippen LogP contribution in [-0.2, 0) is 4.79 Å². The van der Waals surface area contributed by atoms with Crippen LogP contribution in [0, 0.1) is 5.82 Å². The molecule has 1 saturated heterocycles. The van der Waals surface area contributed by atoms with Crippen LogP contribution >= 0.6 is 0 Å². The van der Waals surface area contributed by atoms with Gasteiger partial charge in [0.15, 0.2) is 11.6 Å². The molecule has 1 unspecified atom stereocenters. The van der Waals surface area contributed by atoms with Gasteiger partial charge >= 0.3 is 0 Å². The lowest BCUT2D eigenvalue weighted by Crippen LogP contribution is -2.27. The Kier molecular flexibility index (Phi) is 7.18. The van der Waals surface area contributed by atoms with E-state index in [1.54, 1.807) is 4.90 Å². The number of alkyl halides is 1. The lowest BCUT2D eigenvalue weighted by Gasteiger charge is -2.20. The molecule has 1 fully saturated rings. The Balaban J connectivity index is 1.59. The highest BCUT2D eigenvalue weighted by atomic mass is 19.1. The molecule has 0 radical (unpaired) electrons. The van der Waals surface area contributed by atoms with Gasteiger partial charge in [0.25, 0.3) is 0 Å². The molecular formula is C22H28F2N4O2. The van der Waals surface area contributed by atoms with Crippen LogP contribution in [0.4, 0.5) is 20.5 Å². The standard InChI is InChI=1S/C22H28F2N4O2/c1-15(20(29)5-4-11-23)16-6-8-17(9-7-16)30-18-10-12-28(14-18)21-19(24)13-25-22(26-21)27(2)3/h6-9,13,15,18H,4-5,10-12,14H2,1-3H3/t15?,18-/m1/s1. The van der Waals surface area contributed by atoms with Gasteiger partial charge in [-0.2, -0.15) is 4.98 Å². The quantitative estimate of drug-likeness (QED) is 0.618. The molecule has 0 saturated carbocycles. The third-order valence-corrected chi connectivity index (χ3v) is 5.28. The number of hydrogen-bond acceptors (Lipinski definition) is 6. The Labute approximate surface area is 175 Å². The largest absolute Gasteiger partial charge is 0.489 e.